The minimum atomic E-state index is -0.385. The topological polar surface area (TPSA) is 18.5 Å². The number of fused-ring (bicyclic) bond motifs is 3. The lowest BCUT2D eigenvalue weighted by molar-refractivity contribution is -0.396. The number of benzene rings is 1. The van der Waals surface area contributed by atoms with Crippen LogP contribution in [0, 0.1) is 6.92 Å². The smallest absolute Gasteiger partial charge is 0.143 e. The van der Waals surface area contributed by atoms with E-state index in [0.717, 1.165) is 25.7 Å². The van der Waals surface area contributed by atoms with E-state index in [-0.39, 0.29) is 11.2 Å². The van der Waals surface area contributed by atoms with Crippen molar-refractivity contribution < 1.29 is 9.78 Å². The van der Waals surface area contributed by atoms with Crippen LogP contribution in [-0.4, -0.2) is 11.2 Å². The highest BCUT2D eigenvalue weighted by Crippen LogP contribution is 2.54. The third kappa shape index (κ3) is 1.88. The number of hydrogen-bond acceptors (Lipinski definition) is 2. The van der Waals surface area contributed by atoms with Gasteiger partial charge in [0, 0.05) is 0 Å². The van der Waals surface area contributed by atoms with Crippen molar-refractivity contribution in [3.8, 4) is 0 Å². The molecule has 2 nitrogen and oxygen atoms in total. The summed E-state index contributed by atoms with van der Waals surface area (Å²) in [5.41, 5.74) is 9.22. The van der Waals surface area contributed by atoms with Crippen LogP contribution in [0.5, 0.6) is 0 Å². The van der Waals surface area contributed by atoms with Crippen molar-refractivity contribution in [1.82, 2.24) is 0 Å². The van der Waals surface area contributed by atoms with E-state index in [4.69, 9.17) is 9.78 Å². The van der Waals surface area contributed by atoms with Gasteiger partial charge in [0.05, 0.1) is 0 Å². The Labute approximate surface area is 139 Å². The van der Waals surface area contributed by atoms with Gasteiger partial charge in [0.15, 0.2) is 0 Å². The lowest BCUT2D eigenvalue weighted by Gasteiger charge is -2.52. The molecule has 2 aliphatic heterocycles. The molecule has 0 saturated heterocycles. The predicted octanol–water partition coefficient (Wildman–Crippen LogP) is 5.00. The summed E-state index contributed by atoms with van der Waals surface area (Å²) in [5.74, 6) is 0. The molecule has 2 heterocycles. The van der Waals surface area contributed by atoms with Crippen molar-refractivity contribution in [3.63, 3.8) is 0 Å². The Balaban J connectivity index is 1.91. The maximum atomic E-state index is 5.99. The van der Waals surface area contributed by atoms with Crippen LogP contribution in [-0.2, 0) is 22.6 Å². The van der Waals surface area contributed by atoms with Crippen LogP contribution in [0.4, 0.5) is 0 Å². The van der Waals surface area contributed by atoms with Gasteiger partial charge < -0.3 is 0 Å². The highest BCUT2D eigenvalue weighted by atomic mass is 17.2. The Bertz CT molecular complexity index is 701. The van der Waals surface area contributed by atoms with Gasteiger partial charge in [-0.2, -0.15) is 0 Å². The summed E-state index contributed by atoms with van der Waals surface area (Å²) in [6.07, 6.45) is 4.24. The van der Waals surface area contributed by atoms with E-state index in [1.54, 1.807) is 0 Å². The van der Waals surface area contributed by atoms with E-state index < -0.39 is 0 Å². The molecule has 0 amide bonds. The SMILES string of the molecule is CC1=C2CCc3cccc(c3C)CCC3=C(C)C1(C)OOC23C. The molecule has 0 unspecified atom stereocenters. The summed E-state index contributed by atoms with van der Waals surface area (Å²) < 4.78 is 0. The van der Waals surface area contributed by atoms with Crippen molar-refractivity contribution in [2.45, 2.75) is 71.5 Å². The van der Waals surface area contributed by atoms with Crippen LogP contribution >= 0.6 is 0 Å². The second-order valence-electron chi connectivity index (χ2n) is 7.64. The fraction of sp³-hybridized carbons (Fsp3) is 0.524. The van der Waals surface area contributed by atoms with Gasteiger partial charge >= 0.3 is 0 Å². The second kappa shape index (κ2) is 4.81. The molecule has 1 aromatic carbocycles. The largest absolute Gasteiger partial charge is 0.220 e. The Morgan fingerprint density at radius 3 is 1.74 bits per heavy atom. The van der Waals surface area contributed by atoms with E-state index in [1.165, 1.54) is 39.0 Å². The fourth-order valence-electron chi connectivity index (χ4n) is 4.80. The van der Waals surface area contributed by atoms with E-state index in [1.807, 2.05) is 0 Å². The maximum absolute atomic E-state index is 5.99. The molecule has 0 N–H and O–H groups in total. The zero-order chi connectivity index (χ0) is 16.4. The molecule has 0 aromatic heterocycles. The van der Waals surface area contributed by atoms with Gasteiger partial charge in [0.1, 0.15) is 11.2 Å². The van der Waals surface area contributed by atoms with Crippen LogP contribution in [0.3, 0.4) is 0 Å². The Kier molecular flexibility index (Phi) is 3.17. The standard InChI is InChI=1S/C21H26O2/c1-13-16-7-6-8-17(13)10-12-19-15(3)20(4)14(2)18(11-9-16)21(19,5)23-22-20/h6-8H,9-12H2,1-5H3. The lowest BCUT2D eigenvalue weighted by atomic mass is 9.65. The molecule has 0 spiro atoms. The van der Waals surface area contributed by atoms with Crippen molar-refractivity contribution in [1.29, 1.82) is 0 Å². The highest BCUT2D eigenvalue weighted by molar-refractivity contribution is 5.53. The minimum Gasteiger partial charge on any atom is -0.220 e. The molecule has 0 fully saturated rings. The van der Waals surface area contributed by atoms with Gasteiger partial charge in [-0.25, -0.2) is 9.78 Å². The predicted molar refractivity (Wildman–Crippen MR) is 92.2 cm³/mol. The van der Waals surface area contributed by atoms with Crippen molar-refractivity contribution in [2.75, 3.05) is 0 Å². The Morgan fingerprint density at radius 2 is 1.22 bits per heavy atom. The molecular formula is C21H26O2. The maximum Gasteiger partial charge on any atom is 0.143 e. The highest BCUT2D eigenvalue weighted by Gasteiger charge is 2.54. The third-order valence-electron chi connectivity index (χ3n) is 6.71. The van der Waals surface area contributed by atoms with Gasteiger partial charge in [0.25, 0.3) is 0 Å². The van der Waals surface area contributed by atoms with E-state index in [0.29, 0.717) is 0 Å². The summed E-state index contributed by atoms with van der Waals surface area (Å²) in [6, 6.07) is 6.77. The Morgan fingerprint density at radius 1 is 0.739 bits per heavy atom. The summed E-state index contributed by atoms with van der Waals surface area (Å²) in [7, 11) is 0. The summed E-state index contributed by atoms with van der Waals surface area (Å²) in [4.78, 5) is 11.8. The van der Waals surface area contributed by atoms with E-state index in [9.17, 15) is 0 Å². The molecule has 4 aliphatic rings. The molecular weight excluding hydrogens is 284 g/mol. The first kappa shape index (κ1) is 15.2. The van der Waals surface area contributed by atoms with Crippen LogP contribution in [0.25, 0.3) is 0 Å². The van der Waals surface area contributed by atoms with Crippen molar-refractivity contribution in [2.24, 2.45) is 0 Å². The van der Waals surface area contributed by atoms with Gasteiger partial charge in [-0.05, 0) is 99.3 Å². The summed E-state index contributed by atoms with van der Waals surface area (Å²) >= 11 is 0. The quantitative estimate of drug-likeness (QED) is 0.496. The second-order valence-corrected chi connectivity index (χ2v) is 7.64. The average Bonchev–Trinajstić information content (AvgIpc) is 2.52. The molecule has 0 saturated carbocycles. The molecule has 2 aliphatic carbocycles. The third-order valence-corrected chi connectivity index (χ3v) is 6.71. The lowest BCUT2D eigenvalue weighted by Crippen LogP contribution is -2.54. The van der Waals surface area contributed by atoms with E-state index >= 15 is 0 Å². The summed E-state index contributed by atoms with van der Waals surface area (Å²) in [6.45, 7) is 11.1. The van der Waals surface area contributed by atoms with Gasteiger partial charge in [0.2, 0.25) is 0 Å². The number of rotatable bonds is 0. The monoisotopic (exact) mass is 310 g/mol. The van der Waals surface area contributed by atoms with E-state index in [2.05, 4.69) is 52.8 Å². The molecule has 0 atom stereocenters. The van der Waals surface area contributed by atoms with Gasteiger partial charge in [-0.3, -0.25) is 0 Å². The van der Waals surface area contributed by atoms with Crippen LogP contribution < -0.4 is 0 Å². The van der Waals surface area contributed by atoms with Gasteiger partial charge in [-0.15, -0.1) is 0 Å². The minimum absolute atomic E-state index is 0.379. The zero-order valence-electron chi connectivity index (χ0n) is 14.9. The fourth-order valence-corrected chi connectivity index (χ4v) is 4.80. The number of hydrogen-bond donors (Lipinski definition) is 0. The number of aryl methyl sites for hydroxylation is 2. The first-order valence-electron chi connectivity index (χ1n) is 8.73. The molecule has 5 rings (SSSR count). The van der Waals surface area contributed by atoms with Crippen LogP contribution in [0.15, 0.2) is 40.5 Å². The molecule has 6 bridgehead atoms. The van der Waals surface area contributed by atoms with Gasteiger partial charge in [-0.1, -0.05) is 18.2 Å². The van der Waals surface area contributed by atoms with Crippen molar-refractivity contribution >= 4 is 0 Å². The van der Waals surface area contributed by atoms with Crippen LogP contribution in [0.2, 0.25) is 0 Å². The molecule has 2 heteroatoms. The molecule has 122 valence electrons. The normalized spacial score (nSPS) is 33.3. The first-order chi connectivity index (χ1) is 10.9. The molecule has 23 heavy (non-hydrogen) atoms. The average molecular weight is 310 g/mol. The first-order valence-corrected chi connectivity index (χ1v) is 8.73. The molecule has 1 aromatic rings. The Hall–Kier alpha value is -1.38. The zero-order valence-corrected chi connectivity index (χ0v) is 14.9. The van der Waals surface area contributed by atoms with Crippen LogP contribution in [0.1, 0.15) is 57.2 Å². The summed E-state index contributed by atoms with van der Waals surface area (Å²) in [5, 5.41) is 0. The molecule has 0 radical (unpaired) electrons. The van der Waals surface area contributed by atoms with Crippen molar-refractivity contribution in [3.05, 3.63) is 57.2 Å².